The van der Waals surface area contributed by atoms with Crippen LogP contribution in [0.3, 0.4) is 0 Å². The van der Waals surface area contributed by atoms with Gasteiger partial charge in [-0.15, -0.1) is 0 Å². The molecule has 1 aliphatic carbocycles. The SMILES string of the molecule is CCCNCc1cc(S(=O)(=O)NC2CC2CCC)c[nH]1. The van der Waals surface area contributed by atoms with E-state index in [1.54, 1.807) is 12.3 Å². The predicted octanol–water partition coefficient (Wildman–Crippen LogP) is 1.98. The van der Waals surface area contributed by atoms with Crippen LogP contribution in [0.2, 0.25) is 0 Å². The van der Waals surface area contributed by atoms with E-state index in [9.17, 15) is 8.42 Å². The Morgan fingerprint density at radius 3 is 2.85 bits per heavy atom. The summed E-state index contributed by atoms with van der Waals surface area (Å²) in [5.74, 6) is 0.527. The van der Waals surface area contributed by atoms with Crippen molar-refractivity contribution in [2.75, 3.05) is 6.54 Å². The number of H-pyrrole nitrogens is 1. The zero-order valence-electron chi connectivity index (χ0n) is 12.3. The second-order valence-electron chi connectivity index (χ2n) is 5.55. The van der Waals surface area contributed by atoms with E-state index in [1.807, 2.05) is 0 Å². The molecule has 2 unspecified atom stereocenters. The maximum atomic E-state index is 12.2. The van der Waals surface area contributed by atoms with Crippen molar-refractivity contribution in [3.8, 4) is 0 Å². The number of nitrogens with one attached hydrogen (secondary N) is 3. The van der Waals surface area contributed by atoms with Gasteiger partial charge >= 0.3 is 0 Å². The minimum atomic E-state index is -3.37. The largest absolute Gasteiger partial charge is 0.363 e. The van der Waals surface area contributed by atoms with Gasteiger partial charge in [0.05, 0.1) is 4.90 Å². The molecule has 0 aliphatic heterocycles. The minimum absolute atomic E-state index is 0.136. The van der Waals surface area contributed by atoms with Gasteiger partial charge in [0.25, 0.3) is 0 Å². The van der Waals surface area contributed by atoms with E-state index in [2.05, 4.69) is 28.9 Å². The van der Waals surface area contributed by atoms with E-state index in [4.69, 9.17) is 0 Å². The first kappa shape index (κ1) is 15.5. The van der Waals surface area contributed by atoms with Crippen molar-refractivity contribution in [1.29, 1.82) is 0 Å². The number of hydrogen-bond donors (Lipinski definition) is 3. The Hall–Kier alpha value is -0.850. The van der Waals surface area contributed by atoms with E-state index in [1.165, 1.54) is 0 Å². The summed E-state index contributed by atoms with van der Waals surface area (Å²) in [7, 11) is -3.37. The van der Waals surface area contributed by atoms with Gasteiger partial charge in [-0.2, -0.15) is 0 Å². The summed E-state index contributed by atoms with van der Waals surface area (Å²) in [6.45, 7) is 5.83. The predicted molar refractivity (Wildman–Crippen MR) is 79.9 cm³/mol. The summed E-state index contributed by atoms with van der Waals surface area (Å²) in [6, 6.07) is 1.85. The summed E-state index contributed by atoms with van der Waals surface area (Å²) >= 11 is 0. The van der Waals surface area contributed by atoms with Crippen molar-refractivity contribution < 1.29 is 8.42 Å². The molecule has 1 saturated carbocycles. The van der Waals surface area contributed by atoms with E-state index >= 15 is 0 Å². The lowest BCUT2D eigenvalue weighted by Gasteiger charge is -2.03. The molecule has 0 bridgehead atoms. The highest BCUT2D eigenvalue weighted by Gasteiger charge is 2.39. The van der Waals surface area contributed by atoms with Gasteiger partial charge in [-0.05, 0) is 37.8 Å². The van der Waals surface area contributed by atoms with Gasteiger partial charge in [0, 0.05) is 24.5 Å². The van der Waals surface area contributed by atoms with E-state index < -0.39 is 10.0 Å². The highest BCUT2D eigenvalue weighted by atomic mass is 32.2. The molecule has 114 valence electrons. The lowest BCUT2D eigenvalue weighted by molar-refractivity contribution is 0.573. The molecule has 2 rings (SSSR count). The van der Waals surface area contributed by atoms with Gasteiger partial charge in [-0.1, -0.05) is 20.3 Å². The van der Waals surface area contributed by atoms with Crippen LogP contribution in [-0.2, 0) is 16.6 Å². The molecule has 6 heteroatoms. The van der Waals surface area contributed by atoms with Crippen LogP contribution in [0.4, 0.5) is 0 Å². The third-order valence-corrected chi connectivity index (χ3v) is 5.13. The Bertz CT molecular complexity index is 524. The highest BCUT2D eigenvalue weighted by Crippen LogP contribution is 2.35. The average Bonchev–Trinajstić information content (AvgIpc) is 2.92. The molecule has 1 aromatic heterocycles. The maximum absolute atomic E-state index is 12.2. The molecule has 0 radical (unpaired) electrons. The number of aromatic nitrogens is 1. The summed E-state index contributed by atoms with van der Waals surface area (Å²) in [5.41, 5.74) is 0.903. The quantitative estimate of drug-likeness (QED) is 0.610. The van der Waals surface area contributed by atoms with Crippen molar-refractivity contribution in [2.45, 2.75) is 57.0 Å². The van der Waals surface area contributed by atoms with E-state index in [-0.39, 0.29) is 6.04 Å². The minimum Gasteiger partial charge on any atom is -0.363 e. The second kappa shape index (κ2) is 6.74. The molecule has 0 saturated heterocycles. The zero-order valence-corrected chi connectivity index (χ0v) is 13.1. The molecule has 1 fully saturated rings. The van der Waals surface area contributed by atoms with Crippen LogP contribution in [0.25, 0.3) is 0 Å². The third kappa shape index (κ3) is 4.07. The Balaban J connectivity index is 1.89. The standard InChI is InChI=1S/C14H25N3O2S/c1-3-5-11-7-14(11)17-20(18,19)13-8-12(16-10-13)9-15-6-4-2/h8,10-11,14-17H,3-7,9H2,1-2H3. The van der Waals surface area contributed by atoms with Gasteiger partial charge in [0.15, 0.2) is 0 Å². The maximum Gasteiger partial charge on any atom is 0.242 e. The Morgan fingerprint density at radius 1 is 1.35 bits per heavy atom. The molecule has 5 nitrogen and oxygen atoms in total. The molecular weight excluding hydrogens is 274 g/mol. The summed E-state index contributed by atoms with van der Waals surface area (Å²) in [6.07, 6.45) is 5.83. The molecule has 20 heavy (non-hydrogen) atoms. The van der Waals surface area contributed by atoms with Gasteiger partial charge in [-0.25, -0.2) is 13.1 Å². The Labute approximate surface area is 121 Å². The summed E-state index contributed by atoms with van der Waals surface area (Å²) in [5, 5.41) is 3.25. The molecule has 1 aromatic rings. The normalized spacial score (nSPS) is 22.1. The van der Waals surface area contributed by atoms with Crippen molar-refractivity contribution in [1.82, 2.24) is 15.0 Å². The molecule has 0 aromatic carbocycles. The zero-order chi connectivity index (χ0) is 14.6. The van der Waals surface area contributed by atoms with Crippen molar-refractivity contribution >= 4 is 10.0 Å². The topological polar surface area (TPSA) is 74.0 Å². The average molecular weight is 299 g/mol. The fourth-order valence-corrected chi connectivity index (χ4v) is 3.76. The smallest absolute Gasteiger partial charge is 0.242 e. The van der Waals surface area contributed by atoms with Crippen LogP contribution < -0.4 is 10.0 Å². The highest BCUT2D eigenvalue weighted by molar-refractivity contribution is 7.89. The van der Waals surface area contributed by atoms with Gasteiger partial charge in [0.1, 0.15) is 0 Å². The lowest BCUT2D eigenvalue weighted by atomic mass is 10.2. The fraction of sp³-hybridized carbons (Fsp3) is 0.714. The number of aromatic amines is 1. The molecule has 2 atom stereocenters. The lowest BCUT2D eigenvalue weighted by Crippen LogP contribution is -2.26. The van der Waals surface area contributed by atoms with Gasteiger partial charge in [-0.3, -0.25) is 0 Å². The molecule has 3 N–H and O–H groups in total. The summed E-state index contributed by atoms with van der Waals surface area (Å²) in [4.78, 5) is 3.36. The molecule has 0 amide bonds. The van der Waals surface area contributed by atoms with Crippen molar-refractivity contribution in [3.63, 3.8) is 0 Å². The molecule has 1 heterocycles. The van der Waals surface area contributed by atoms with Gasteiger partial charge in [0.2, 0.25) is 10.0 Å². The van der Waals surface area contributed by atoms with E-state index in [0.29, 0.717) is 17.4 Å². The number of rotatable bonds is 9. The second-order valence-corrected chi connectivity index (χ2v) is 7.26. The number of hydrogen-bond acceptors (Lipinski definition) is 3. The third-order valence-electron chi connectivity index (χ3n) is 3.66. The molecular formula is C14H25N3O2S. The molecule has 0 spiro atoms. The van der Waals surface area contributed by atoms with Gasteiger partial charge < -0.3 is 10.3 Å². The van der Waals surface area contributed by atoms with Crippen LogP contribution in [0.15, 0.2) is 17.2 Å². The molecule has 1 aliphatic rings. The van der Waals surface area contributed by atoms with Crippen LogP contribution >= 0.6 is 0 Å². The Morgan fingerprint density at radius 2 is 2.15 bits per heavy atom. The van der Waals surface area contributed by atoms with E-state index in [0.717, 1.165) is 37.9 Å². The van der Waals surface area contributed by atoms with Crippen LogP contribution in [0, 0.1) is 5.92 Å². The first-order valence-electron chi connectivity index (χ1n) is 7.47. The van der Waals surface area contributed by atoms with Crippen LogP contribution in [0.5, 0.6) is 0 Å². The monoisotopic (exact) mass is 299 g/mol. The van der Waals surface area contributed by atoms with Crippen LogP contribution in [-0.4, -0.2) is 26.0 Å². The summed E-state index contributed by atoms with van der Waals surface area (Å²) < 4.78 is 27.2. The fourth-order valence-electron chi connectivity index (χ4n) is 2.43. The first-order valence-corrected chi connectivity index (χ1v) is 8.95. The van der Waals surface area contributed by atoms with Crippen LogP contribution in [0.1, 0.15) is 45.2 Å². The Kier molecular flexibility index (Phi) is 5.23. The number of sulfonamides is 1. The first-order chi connectivity index (χ1) is 9.56. The van der Waals surface area contributed by atoms with Crippen molar-refractivity contribution in [3.05, 3.63) is 18.0 Å². The van der Waals surface area contributed by atoms with Crippen molar-refractivity contribution in [2.24, 2.45) is 5.92 Å².